The number of rotatable bonds is 5. The van der Waals surface area contributed by atoms with Gasteiger partial charge in [0.15, 0.2) is 0 Å². The van der Waals surface area contributed by atoms with Crippen LogP contribution in [-0.2, 0) is 16.1 Å². The molecule has 21 heavy (non-hydrogen) atoms. The molecule has 9 heteroatoms. The number of carboxylic acid groups (broad SMARTS) is 1. The van der Waals surface area contributed by atoms with E-state index in [2.05, 4.69) is 0 Å². The third kappa shape index (κ3) is 3.14. The number of carbonyl (C=O) groups excluding carboxylic acids is 2. The van der Waals surface area contributed by atoms with Crippen molar-refractivity contribution in [2.45, 2.75) is 6.54 Å². The molecule has 0 radical (unpaired) electrons. The van der Waals surface area contributed by atoms with Gasteiger partial charge in [-0.25, -0.2) is 4.79 Å². The number of urea groups is 1. The number of non-ortho nitro benzene ring substituents is 1. The lowest BCUT2D eigenvalue weighted by Gasteiger charge is -2.15. The molecule has 2 rings (SSSR count). The van der Waals surface area contributed by atoms with Gasteiger partial charge in [0.25, 0.3) is 11.6 Å². The number of nitro groups is 1. The molecule has 0 atom stereocenters. The quantitative estimate of drug-likeness (QED) is 0.477. The summed E-state index contributed by atoms with van der Waals surface area (Å²) in [5.74, 6) is -1.89. The molecule has 0 spiro atoms. The first kappa shape index (κ1) is 14.4. The Morgan fingerprint density at radius 2 is 2.10 bits per heavy atom. The molecular weight excluding hydrogens is 282 g/mol. The summed E-state index contributed by atoms with van der Waals surface area (Å²) in [5, 5.41) is 19.3. The van der Waals surface area contributed by atoms with E-state index < -0.39 is 29.4 Å². The molecular formula is C12H11N3O6. The second-order valence-electron chi connectivity index (χ2n) is 4.44. The van der Waals surface area contributed by atoms with Gasteiger partial charge < -0.3 is 10.0 Å². The van der Waals surface area contributed by atoms with E-state index in [9.17, 15) is 24.5 Å². The minimum absolute atomic E-state index is 0.00235. The summed E-state index contributed by atoms with van der Waals surface area (Å²) in [6.45, 7) is -0.930. The number of carboxylic acids is 1. The molecule has 1 aliphatic heterocycles. The topological polar surface area (TPSA) is 121 Å². The lowest BCUT2D eigenvalue weighted by atomic mass is 10.2. The maximum atomic E-state index is 11.9. The third-order valence-corrected chi connectivity index (χ3v) is 2.92. The average Bonchev–Trinajstić information content (AvgIpc) is 2.66. The molecule has 9 nitrogen and oxygen atoms in total. The Morgan fingerprint density at radius 1 is 1.38 bits per heavy atom. The first-order chi connectivity index (χ1) is 9.88. The maximum absolute atomic E-state index is 11.9. The predicted octanol–water partition coefficient (Wildman–Crippen LogP) is 0.444. The molecule has 0 unspecified atom stereocenters. The highest BCUT2D eigenvalue weighted by atomic mass is 16.6. The van der Waals surface area contributed by atoms with Gasteiger partial charge >= 0.3 is 12.0 Å². The average molecular weight is 293 g/mol. The van der Waals surface area contributed by atoms with Crippen molar-refractivity contribution in [1.29, 1.82) is 0 Å². The van der Waals surface area contributed by atoms with E-state index in [4.69, 9.17) is 5.11 Å². The number of imide groups is 1. The normalized spacial score (nSPS) is 14.7. The van der Waals surface area contributed by atoms with Crippen LogP contribution in [0.3, 0.4) is 0 Å². The molecule has 0 saturated carbocycles. The summed E-state index contributed by atoms with van der Waals surface area (Å²) < 4.78 is 0. The number of amides is 3. The molecule has 0 bridgehead atoms. The van der Waals surface area contributed by atoms with Crippen molar-refractivity contribution in [3.05, 3.63) is 39.9 Å². The van der Waals surface area contributed by atoms with Gasteiger partial charge in [0, 0.05) is 18.7 Å². The van der Waals surface area contributed by atoms with Gasteiger partial charge in [-0.05, 0) is 5.56 Å². The highest BCUT2D eigenvalue weighted by Gasteiger charge is 2.37. The van der Waals surface area contributed by atoms with Crippen LogP contribution >= 0.6 is 0 Å². The number of hydrogen-bond donors (Lipinski definition) is 1. The van der Waals surface area contributed by atoms with Crippen molar-refractivity contribution in [2.24, 2.45) is 0 Å². The van der Waals surface area contributed by atoms with Gasteiger partial charge in [-0.1, -0.05) is 12.1 Å². The van der Waals surface area contributed by atoms with E-state index in [1.165, 1.54) is 18.2 Å². The van der Waals surface area contributed by atoms with Crippen molar-refractivity contribution in [3.63, 3.8) is 0 Å². The van der Waals surface area contributed by atoms with E-state index in [1.807, 2.05) is 0 Å². The van der Waals surface area contributed by atoms with Crippen molar-refractivity contribution in [1.82, 2.24) is 9.80 Å². The zero-order chi connectivity index (χ0) is 15.6. The second-order valence-corrected chi connectivity index (χ2v) is 4.44. The van der Waals surface area contributed by atoms with Crippen molar-refractivity contribution < 1.29 is 24.4 Å². The predicted molar refractivity (Wildman–Crippen MR) is 68.3 cm³/mol. The summed E-state index contributed by atoms with van der Waals surface area (Å²) in [7, 11) is 0. The number of nitro benzene ring substituents is 1. The maximum Gasteiger partial charge on any atom is 0.328 e. The fraction of sp³-hybridized carbons (Fsp3) is 0.250. The summed E-state index contributed by atoms with van der Waals surface area (Å²) in [4.78, 5) is 46.0. The Labute approximate surface area is 118 Å². The Hall–Kier alpha value is -2.97. The molecule has 1 aromatic carbocycles. The molecule has 1 N–H and O–H groups in total. The number of carbonyl (C=O) groups is 3. The molecule has 1 aromatic rings. The number of nitrogens with zero attached hydrogens (tertiary/aromatic N) is 3. The van der Waals surface area contributed by atoms with E-state index in [-0.39, 0.29) is 18.8 Å². The van der Waals surface area contributed by atoms with E-state index in [0.29, 0.717) is 10.5 Å². The summed E-state index contributed by atoms with van der Waals surface area (Å²) >= 11 is 0. The monoisotopic (exact) mass is 293 g/mol. The Balaban J connectivity index is 2.12. The van der Waals surface area contributed by atoms with Crippen LogP contribution < -0.4 is 0 Å². The summed E-state index contributed by atoms with van der Waals surface area (Å²) in [6, 6.07) is 4.97. The van der Waals surface area contributed by atoms with Crippen LogP contribution in [0.4, 0.5) is 10.5 Å². The molecule has 3 amide bonds. The summed E-state index contributed by atoms with van der Waals surface area (Å²) in [6.07, 6.45) is 0. The van der Waals surface area contributed by atoms with Crippen molar-refractivity contribution in [2.75, 3.05) is 13.1 Å². The number of aliphatic carboxylic acids is 1. The van der Waals surface area contributed by atoms with Gasteiger partial charge in [-0.3, -0.25) is 24.6 Å². The smallest absolute Gasteiger partial charge is 0.328 e. The zero-order valence-electron chi connectivity index (χ0n) is 10.8. The SMILES string of the molecule is O=C(O)CN1C(=O)CN(Cc2cccc([N+](=O)[O-])c2)C1=O. The minimum Gasteiger partial charge on any atom is -0.480 e. The van der Waals surface area contributed by atoms with Gasteiger partial charge in [0.1, 0.15) is 13.1 Å². The Kier molecular flexibility index (Phi) is 3.83. The fourth-order valence-electron chi connectivity index (χ4n) is 2.00. The minimum atomic E-state index is -1.28. The van der Waals surface area contributed by atoms with E-state index in [0.717, 1.165) is 4.90 Å². The number of hydrogen-bond acceptors (Lipinski definition) is 5. The van der Waals surface area contributed by atoms with Gasteiger partial charge in [-0.2, -0.15) is 0 Å². The molecule has 0 aromatic heterocycles. The van der Waals surface area contributed by atoms with Crippen LogP contribution in [0.2, 0.25) is 0 Å². The summed E-state index contributed by atoms with van der Waals surface area (Å²) in [5.41, 5.74) is 0.371. The third-order valence-electron chi connectivity index (χ3n) is 2.92. The largest absolute Gasteiger partial charge is 0.480 e. The Bertz CT molecular complexity index is 629. The zero-order valence-corrected chi connectivity index (χ0v) is 10.8. The van der Waals surface area contributed by atoms with E-state index >= 15 is 0 Å². The second kappa shape index (κ2) is 5.57. The lowest BCUT2D eigenvalue weighted by molar-refractivity contribution is -0.384. The highest BCUT2D eigenvalue weighted by Crippen LogP contribution is 2.18. The van der Waals surface area contributed by atoms with Gasteiger partial charge in [0.05, 0.1) is 4.92 Å². The van der Waals surface area contributed by atoms with Gasteiger partial charge in [-0.15, -0.1) is 0 Å². The highest BCUT2D eigenvalue weighted by molar-refractivity contribution is 6.03. The number of benzene rings is 1. The van der Waals surface area contributed by atoms with Crippen molar-refractivity contribution >= 4 is 23.6 Å². The molecule has 1 saturated heterocycles. The van der Waals surface area contributed by atoms with Crippen LogP contribution in [0.5, 0.6) is 0 Å². The molecule has 1 fully saturated rings. The van der Waals surface area contributed by atoms with E-state index in [1.54, 1.807) is 6.07 Å². The molecule has 110 valence electrons. The van der Waals surface area contributed by atoms with Crippen LogP contribution in [0.15, 0.2) is 24.3 Å². The van der Waals surface area contributed by atoms with Crippen LogP contribution in [0.1, 0.15) is 5.56 Å². The van der Waals surface area contributed by atoms with Crippen LogP contribution in [0, 0.1) is 10.1 Å². The van der Waals surface area contributed by atoms with Crippen LogP contribution in [0.25, 0.3) is 0 Å². The molecule has 1 aliphatic rings. The van der Waals surface area contributed by atoms with Gasteiger partial charge in [0.2, 0.25) is 0 Å². The standard InChI is InChI=1S/C12H11N3O6/c16-10-6-13(12(19)14(10)7-11(17)18)5-8-2-1-3-9(4-8)15(20)21/h1-4H,5-7H2,(H,17,18). The molecule has 0 aliphatic carbocycles. The van der Waals surface area contributed by atoms with Crippen molar-refractivity contribution in [3.8, 4) is 0 Å². The molecule has 1 heterocycles. The first-order valence-electron chi connectivity index (χ1n) is 5.93. The lowest BCUT2D eigenvalue weighted by Crippen LogP contribution is -2.36. The first-order valence-corrected chi connectivity index (χ1v) is 5.93. The fourth-order valence-corrected chi connectivity index (χ4v) is 2.00. The van der Waals surface area contributed by atoms with Crippen LogP contribution in [-0.4, -0.2) is 50.8 Å². The Morgan fingerprint density at radius 3 is 2.71 bits per heavy atom.